The molecule has 1 aromatic carbocycles. The Hall–Kier alpha value is -0.720. The monoisotopic (exact) mass is 244 g/mol. The first-order chi connectivity index (χ1) is 7.13. The Morgan fingerprint density at radius 1 is 1.47 bits per heavy atom. The number of halogens is 1. The Morgan fingerprint density at radius 3 is 2.60 bits per heavy atom. The van der Waals surface area contributed by atoms with Gasteiger partial charge in [0, 0.05) is 11.2 Å². The van der Waals surface area contributed by atoms with Crippen molar-refractivity contribution in [2.45, 2.75) is 13.8 Å². The fourth-order valence-electron chi connectivity index (χ4n) is 1.02. The minimum atomic E-state index is -1.89. The van der Waals surface area contributed by atoms with Crippen LogP contribution in [0.4, 0.5) is 0 Å². The summed E-state index contributed by atoms with van der Waals surface area (Å²) in [6.45, 7) is 3.75. The minimum absolute atomic E-state index is 0.565. The van der Waals surface area contributed by atoms with E-state index in [9.17, 15) is 4.57 Å². The summed E-state index contributed by atoms with van der Waals surface area (Å²) in [4.78, 5) is 0. The average Bonchev–Trinajstić information content (AvgIpc) is 2.26. The molecule has 0 spiro atoms. The molecule has 0 amide bonds. The fourth-order valence-corrected chi connectivity index (χ4v) is 1.62. The third-order valence-electron chi connectivity index (χ3n) is 1.96. The first-order valence-electron chi connectivity index (χ1n) is 4.75. The van der Waals surface area contributed by atoms with E-state index < -0.39 is 8.03 Å². The molecule has 0 radical (unpaired) electrons. The average molecular weight is 245 g/mol. The zero-order valence-corrected chi connectivity index (χ0v) is 10.5. The zero-order chi connectivity index (χ0) is 11.3. The van der Waals surface area contributed by atoms with Crippen molar-refractivity contribution in [3.05, 3.63) is 41.1 Å². The van der Waals surface area contributed by atoms with E-state index in [0.29, 0.717) is 11.2 Å². The third-order valence-corrected chi connectivity index (χ3v) is 3.17. The van der Waals surface area contributed by atoms with E-state index in [0.717, 1.165) is 11.1 Å². The lowest BCUT2D eigenvalue weighted by Gasteiger charge is -2.03. The number of rotatable bonds is 4. The van der Waals surface area contributed by atoms with E-state index in [1.807, 2.05) is 38.1 Å². The van der Waals surface area contributed by atoms with Gasteiger partial charge in [0.2, 0.25) is 8.03 Å². The van der Waals surface area contributed by atoms with Crippen molar-refractivity contribution in [2.24, 2.45) is 0 Å². The van der Waals surface area contributed by atoms with Crippen molar-refractivity contribution in [3.8, 4) is 0 Å². The molecule has 0 aromatic heterocycles. The predicted molar refractivity (Wildman–Crippen MR) is 65.7 cm³/mol. The molecule has 0 saturated carbocycles. The van der Waals surface area contributed by atoms with E-state index in [1.54, 1.807) is 6.26 Å². The second kappa shape index (κ2) is 5.99. The van der Waals surface area contributed by atoms with Crippen LogP contribution < -0.4 is 0 Å². The van der Waals surface area contributed by atoms with Crippen LogP contribution in [-0.2, 0) is 9.09 Å². The third kappa shape index (κ3) is 4.11. The highest BCUT2D eigenvalue weighted by Gasteiger charge is 1.97. The van der Waals surface area contributed by atoms with Crippen molar-refractivity contribution < 1.29 is 9.09 Å². The predicted octanol–water partition coefficient (Wildman–Crippen LogP) is 4.21. The van der Waals surface area contributed by atoms with Gasteiger partial charge in [0.15, 0.2) is 0 Å². The lowest BCUT2D eigenvalue weighted by atomic mass is 10.1. The maximum absolute atomic E-state index is 11.1. The molecule has 1 atom stereocenters. The molecule has 1 aromatic rings. The Balaban J connectivity index is 2.71. The second-order valence-corrected chi connectivity index (χ2v) is 5.27. The first kappa shape index (κ1) is 12.4. The van der Waals surface area contributed by atoms with Gasteiger partial charge in [0.25, 0.3) is 0 Å². The van der Waals surface area contributed by atoms with Crippen LogP contribution in [0.1, 0.15) is 19.4 Å². The topological polar surface area (TPSA) is 26.3 Å². The summed E-state index contributed by atoms with van der Waals surface area (Å²) in [6.07, 6.45) is 2.11. The van der Waals surface area contributed by atoms with Crippen LogP contribution in [0.3, 0.4) is 0 Å². The van der Waals surface area contributed by atoms with E-state index in [1.165, 1.54) is 0 Å². The molecule has 0 heterocycles. The van der Waals surface area contributed by atoms with E-state index in [2.05, 4.69) is 0 Å². The van der Waals surface area contributed by atoms with Gasteiger partial charge < -0.3 is 4.52 Å². The van der Waals surface area contributed by atoms with Crippen LogP contribution in [0.25, 0.3) is 5.57 Å². The molecule has 0 aliphatic carbocycles. The zero-order valence-electron chi connectivity index (χ0n) is 8.79. The maximum atomic E-state index is 11.1. The van der Waals surface area contributed by atoms with Crippen molar-refractivity contribution in [2.75, 3.05) is 6.16 Å². The summed E-state index contributed by atoms with van der Waals surface area (Å²) in [7, 11) is -1.89. The number of benzene rings is 1. The van der Waals surface area contributed by atoms with Gasteiger partial charge in [-0.1, -0.05) is 30.7 Å². The van der Waals surface area contributed by atoms with Crippen LogP contribution in [0.2, 0.25) is 5.02 Å². The second-order valence-electron chi connectivity index (χ2n) is 3.15. The highest BCUT2D eigenvalue weighted by Crippen LogP contribution is 2.24. The molecule has 0 N–H and O–H groups in total. The molecule has 0 bridgehead atoms. The summed E-state index contributed by atoms with van der Waals surface area (Å²) in [5.74, 6) is 0. The normalized spacial score (nSPS) is 13.7. The molecule has 15 heavy (non-hydrogen) atoms. The van der Waals surface area contributed by atoms with Crippen molar-refractivity contribution >= 4 is 25.2 Å². The molecule has 0 aliphatic rings. The quantitative estimate of drug-likeness (QED) is 0.586. The largest absolute Gasteiger partial charge is 0.452 e. The highest BCUT2D eigenvalue weighted by molar-refractivity contribution is 7.39. The summed E-state index contributed by atoms with van der Waals surface area (Å²) >= 11 is 5.77. The lowest BCUT2D eigenvalue weighted by Crippen LogP contribution is -1.80. The minimum Gasteiger partial charge on any atom is -0.452 e. The SMILES string of the molecule is CC[PH](=O)OC=C(C)c1ccc(Cl)cc1. The van der Waals surface area contributed by atoms with Gasteiger partial charge in [-0.25, -0.2) is 0 Å². The molecule has 82 valence electrons. The number of allylic oxidation sites excluding steroid dienone is 1. The Morgan fingerprint density at radius 2 is 2.07 bits per heavy atom. The molecule has 2 nitrogen and oxygen atoms in total. The Labute approximate surface area is 95.8 Å². The van der Waals surface area contributed by atoms with Crippen LogP contribution in [0.15, 0.2) is 30.5 Å². The van der Waals surface area contributed by atoms with Crippen LogP contribution >= 0.6 is 19.6 Å². The van der Waals surface area contributed by atoms with Gasteiger partial charge in [-0.3, -0.25) is 4.57 Å². The van der Waals surface area contributed by atoms with Crippen LogP contribution in [0, 0.1) is 0 Å². The molecule has 0 aliphatic heterocycles. The standard InChI is InChI=1S/C11H14ClO2P/c1-3-15(13)14-8-9(2)10-4-6-11(12)7-5-10/h4-8,15H,3H2,1-2H3. The number of hydrogen-bond acceptors (Lipinski definition) is 2. The first-order valence-corrected chi connectivity index (χ1v) is 6.66. The van der Waals surface area contributed by atoms with E-state index in [4.69, 9.17) is 16.1 Å². The van der Waals surface area contributed by atoms with Crippen LogP contribution in [-0.4, -0.2) is 6.16 Å². The summed E-state index contributed by atoms with van der Waals surface area (Å²) < 4.78 is 16.2. The van der Waals surface area contributed by atoms with E-state index >= 15 is 0 Å². The van der Waals surface area contributed by atoms with E-state index in [-0.39, 0.29) is 0 Å². The Kier molecular flexibility index (Phi) is 4.93. The van der Waals surface area contributed by atoms with Crippen molar-refractivity contribution in [3.63, 3.8) is 0 Å². The van der Waals surface area contributed by atoms with Gasteiger partial charge >= 0.3 is 0 Å². The van der Waals surface area contributed by atoms with Crippen LogP contribution in [0.5, 0.6) is 0 Å². The number of hydrogen-bond donors (Lipinski definition) is 0. The molecule has 0 fully saturated rings. The smallest absolute Gasteiger partial charge is 0.235 e. The van der Waals surface area contributed by atoms with Gasteiger partial charge in [-0.2, -0.15) is 0 Å². The van der Waals surface area contributed by atoms with Gasteiger partial charge in [-0.15, -0.1) is 0 Å². The van der Waals surface area contributed by atoms with Crippen molar-refractivity contribution in [1.29, 1.82) is 0 Å². The molecule has 0 saturated heterocycles. The Bertz CT molecular complexity index is 371. The molecule has 1 rings (SSSR count). The van der Waals surface area contributed by atoms with Gasteiger partial charge in [0.1, 0.15) is 0 Å². The molecular weight excluding hydrogens is 231 g/mol. The maximum Gasteiger partial charge on any atom is 0.235 e. The summed E-state index contributed by atoms with van der Waals surface area (Å²) in [5.41, 5.74) is 1.96. The molecule has 1 unspecified atom stereocenters. The fraction of sp³-hybridized carbons (Fsp3) is 0.273. The van der Waals surface area contributed by atoms with Gasteiger partial charge in [-0.05, 0) is 30.2 Å². The van der Waals surface area contributed by atoms with Gasteiger partial charge in [0.05, 0.1) is 6.26 Å². The highest BCUT2D eigenvalue weighted by atomic mass is 35.5. The summed E-state index contributed by atoms with van der Waals surface area (Å²) in [5, 5.41) is 0.703. The molecule has 4 heteroatoms. The van der Waals surface area contributed by atoms with Crippen molar-refractivity contribution in [1.82, 2.24) is 0 Å². The molecular formula is C11H14ClO2P. The lowest BCUT2D eigenvalue weighted by molar-refractivity contribution is 0.465. The summed E-state index contributed by atoms with van der Waals surface area (Å²) in [6, 6.07) is 7.44.